The molecule has 0 aliphatic rings. The summed E-state index contributed by atoms with van der Waals surface area (Å²) in [5, 5.41) is 8.66. The third-order valence-electron chi connectivity index (χ3n) is 2.93. The minimum absolute atomic E-state index is 0.0304. The number of hydrogen-bond donors (Lipinski definition) is 1. The van der Waals surface area contributed by atoms with Crippen LogP contribution in [0.3, 0.4) is 0 Å². The topological polar surface area (TPSA) is 40.5 Å². The van der Waals surface area contributed by atoms with E-state index in [1.54, 1.807) is 31.0 Å². The molecule has 0 aliphatic heterocycles. The Balaban J connectivity index is 2.44. The van der Waals surface area contributed by atoms with Gasteiger partial charge in [0.05, 0.1) is 0 Å². The summed E-state index contributed by atoms with van der Waals surface area (Å²) >= 11 is 0. The van der Waals surface area contributed by atoms with Gasteiger partial charge in [-0.15, -0.1) is 0 Å². The van der Waals surface area contributed by atoms with Gasteiger partial charge in [0.2, 0.25) is 5.91 Å². The lowest BCUT2D eigenvalue weighted by molar-refractivity contribution is -0.130. The Bertz CT molecular complexity index is 407. The molecular weight excluding hydrogens is 233 g/mol. The summed E-state index contributed by atoms with van der Waals surface area (Å²) in [7, 11) is 1.75. The first-order chi connectivity index (χ1) is 8.54. The van der Waals surface area contributed by atoms with Crippen molar-refractivity contribution < 1.29 is 14.3 Å². The molecule has 1 aromatic carbocycles. The summed E-state index contributed by atoms with van der Waals surface area (Å²) in [6.45, 7) is 2.38. The van der Waals surface area contributed by atoms with Crippen molar-refractivity contribution in [3.63, 3.8) is 0 Å². The number of carbonyl (C=O) groups is 1. The molecule has 0 radical (unpaired) electrons. The Morgan fingerprint density at radius 2 is 2.17 bits per heavy atom. The van der Waals surface area contributed by atoms with E-state index in [0.29, 0.717) is 31.4 Å². The van der Waals surface area contributed by atoms with Crippen LogP contribution in [-0.2, 0) is 11.2 Å². The SMILES string of the molecule is Cc1cc(CCN(C)C(=O)CCCO)ccc1F. The van der Waals surface area contributed by atoms with E-state index in [9.17, 15) is 9.18 Å². The van der Waals surface area contributed by atoms with Crippen molar-refractivity contribution in [1.29, 1.82) is 0 Å². The van der Waals surface area contributed by atoms with Crippen LogP contribution in [0.25, 0.3) is 0 Å². The second-order valence-electron chi connectivity index (χ2n) is 4.48. The van der Waals surface area contributed by atoms with E-state index in [4.69, 9.17) is 5.11 Å². The van der Waals surface area contributed by atoms with Gasteiger partial charge in [0, 0.05) is 26.6 Å². The third-order valence-corrected chi connectivity index (χ3v) is 2.93. The Kier molecular flexibility index (Phi) is 5.78. The fourth-order valence-electron chi connectivity index (χ4n) is 1.70. The molecule has 1 N–H and O–H groups in total. The third kappa shape index (κ3) is 4.45. The molecule has 1 amide bonds. The van der Waals surface area contributed by atoms with Crippen LogP contribution in [0.5, 0.6) is 0 Å². The molecule has 0 fully saturated rings. The largest absolute Gasteiger partial charge is 0.396 e. The number of aryl methyl sites for hydroxylation is 1. The molecule has 4 heteroatoms. The van der Waals surface area contributed by atoms with Crippen LogP contribution in [0, 0.1) is 12.7 Å². The average Bonchev–Trinajstić information content (AvgIpc) is 2.36. The van der Waals surface area contributed by atoms with Gasteiger partial charge in [0.1, 0.15) is 5.82 Å². The minimum atomic E-state index is -0.203. The van der Waals surface area contributed by atoms with Gasteiger partial charge in [0.15, 0.2) is 0 Å². The van der Waals surface area contributed by atoms with E-state index in [1.807, 2.05) is 0 Å². The van der Waals surface area contributed by atoms with Crippen molar-refractivity contribution >= 4 is 5.91 Å². The Labute approximate surface area is 107 Å². The monoisotopic (exact) mass is 253 g/mol. The summed E-state index contributed by atoms with van der Waals surface area (Å²) in [5.74, 6) is -0.172. The highest BCUT2D eigenvalue weighted by molar-refractivity contribution is 5.75. The van der Waals surface area contributed by atoms with Gasteiger partial charge in [-0.1, -0.05) is 12.1 Å². The summed E-state index contributed by atoms with van der Waals surface area (Å²) in [4.78, 5) is 13.2. The highest BCUT2D eigenvalue weighted by Crippen LogP contribution is 2.10. The molecular formula is C14H20FNO2. The molecule has 3 nitrogen and oxygen atoms in total. The van der Waals surface area contributed by atoms with E-state index in [-0.39, 0.29) is 18.3 Å². The first-order valence-corrected chi connectivity index (χ1v) is 6.14. The van der Waals surface area contributed by atoms with Gasteiger partial charge >= 0.3 is 0 Å². The van der Waals surface area contributed by atoms with Crippen molar-refractivity contribution in [2.45, 2.75) is 26.2 Å². The predicted octanol–water partition coefficient (Wildman–Crippen LogP) is 1.91. The van der Waals surface area contributed by atoms with Crippen molar-refractivity contribution in [3.05, 3.63) is 35.1 Å². The zero-order chi connectivity index (χ0) is 13.5. The first kappa shape index (κ1) is 14.6. The van der Waals surface area contributed by atoms with Gasteiger partial charge in [-0.25, -0.2) is 4.39 Å². The van der Waals surface area contributed by atoms with Crippen LogP contribution in [0.4, 0.5) is 4.39 Å². The number of hydrogen-bond acceptors (Lipinski definition) is 2. The minimum Gasteiger partial charge on any atom is -0.396 e. The van der Waals surface area contributed by atoms with E-state index < -0.39 is 0 Å². The molecule has 100 valence electrons. The van der Waals surface area contributed by atoms with Crippen molar-refractivity contribution in [1.82, 2.24) is 4.90 Å². The smallest absolute Gasteiger partial charge is 0.222 e. The lowest BCUT2D eigenvalue weighted by Crippen LogP contribution is -2.28. The summed E-state index contributed by atoms with van der Waals surface area (Å²) < 4.78 is 13.1. The van der Waals surface area contributed by atoms with Crippen LogP contribution < -0.4 is 0 Å². The Hall–Kier alpha value is -1.42. The molecule has 0 bridgehead atoms. The van der Waals surface area contributed by atoms with E-state index in [1.165, 1.54) is 6.07 Å². The second-order valence-corrected chi connectivity index (χ2v) is 4.48. The zero-order valence-electron chi connectivity index (χ0n) is 10.9. The maximum absolute atomic E-state index is 13.1. The van der Waals surface area contributed by atoms with Gasteiger partial charge in [-0.3, -0.25) is 4.79 Å². The molecule has 1 aromatic rings. The number of nitrogens with zero attached hydrogens (tertiary/aromatic N) is 1. The maximum atomic E-state index is 13.1. The second kappa shape index (κ2) is 7.11. The molecule has 0 aromatic heterocycles. The Morgan fingerprint density at radius 3 is 2.78 bits per heavy atom. The molecule has 18 heavy (non-hydrogen) atoms. The lowest BCUT2D eigenvalue weighted by atomic mass is 10.1. The number of aliphatic hydroxyl groups is 1. The molecule has 0 saturated carbocycles. The standard InChI is InChI=1S/C14H20FNO2/c1-11-10-12(5-6-13(11)15)7-8-16(2)14(18)4-3-9-17/h5-6,10,17H,3-4,7-9H2,1-2H3. The number of amides is 1. The predicted molar refractivity (Wildman–Crippen MR) is 68.8 cm³/mol. The van der Waals surface area contributed by atoms with Gasteiger partial charge in [0.25, 0.3) is 0 Å². The quantitative estimate of drug-likeness (QED) is 0.841. The number of benzene rings is 1. The summed E-state index contributed by atoms with van der Waals surface area (Å²) in [6.07, 6.45) is 1.58. The molecule has 0 unspecified atom stereocenters. The van der Waals surface area contributed by atoms with Crippen LogP contribution in [-0.4, -0.2) is 36.1 Å². The fraction of sp³-hybridized carbons (Fsp3) is 0.500. The number of rotatable bonds is 6. The zero-order valence-corrected chi connectivity index (χ0v) is 10.9. The lowest BCUT2D eigenvalue weighted by Gasteiger charge is -2.17. The van der Waals surface area contributed by atoms with Crippen molar-refractivity contribution in [2.75, 3.05) is 20.2 Å². The fourth-order valence-corrected chi connectivity index (χ4v) is 1.70. The van der Waals surface area contributed by atoms with Crippen LogP contribution in [0.1, 0.15) is 24.0 Å². The maximum Gasteiger partial charge on any atom is 0.222 e. The molecule has 0 atom stereocenters. The summed E-state index contributed by atoms with van der Waals surface area (Å²) in [6, 6.07) is 5.01. The first-order valence-electron chi connectivity index (χ1n) is 6.14. The molecule has 1 rings (SSSR count). The van der Waals surface area contributed by atoms with Gasteiger partial charge < -0.3 is 10.0 Å². The number of likely N-dealkylation sites (N-methyl/N-ethyl adjacent to an activating group) is 1. The molecule has 0 spiro atoms. The highest BCUT2D eigenvalue weighted by atomic mass is 19.1. The van der Waals surface area contributed by atoms with Gasteiger partial charge in [-0.2, -0.15) is 0 Å². The Morgan fingerprint density at radius 1 is 1.44 bits per heavy atom. The van der Waals surface area contributed by atoms with Crippen LogP contribution >= 0.6 is 0 Å². The van der Waals surface area contributed by atoms with Crippen molar-refractivity contribution in [3.8, 4) is 0 Å². The number of aliphatic hydroxyl groups excluding tert-OH is 1. The van der Waals surface area contributed by atoms with E-state index in [0.717, 1.165) is 5.56 Å². The van der Waals surface area contributed by atoms with Crippen LogP contribution in [0.15, 0.2) is 18.2 Å². The van der Waals surface area contributed by atoms with E-state index in [2.05, 4.69) is 0 Å². The molecule has 0 saturated heterocycles. The highest BCUT2D eigenvalue weighted by Gasteiger charge is 2.08. The van der Waals surface area contributed by atoms with Crippen molar-refractivity contribution in [2.24, 2.45) is 0 Å². The average molecular weight is 253 g/mol. The van der Waals surface area contributed by atoms with Gasteiger partial charge in [-0.05, 0) is 37.0 Å². The van der Waals surface area contributed by atoms with E-state index >= 15 is 0 Å². The molecule has 0 aliphatic carbocycles. The number of halogens is 1. The molecule has 0 heterocycles. The number of carbonyl (C=O) groups excluding carboxylic acids is 1. The summed E-state index contributed by atoms with van der Waals surface area (Å²) in [5.41, 5.74) is 1.65. The normalized spacial score (nSPS) is 10.4. The van der Waals surface area contributed by atoms with Crippen LogP contribution in [0.2, 0.25) is 0 Å².